The van der Waals surface area contributed by atoms with Crippen LogP contribution in [-0.4, -0.2) is 0 Å². The fraction of sp³-hybridized carbons (Fsp3) is 0.818. The highest BCUT2D eigenvalue weighted by Crippen LogP contribution is 2.40. The minimum atomic E-state index is 0.615. The molecule has 0 heteroatoms. The monoisotopic (exact) mass is 152 g/mol. The van der Waals surface area contributed by atoms with Crippen LogP contribution < -0.4 is 0 Å². The Balaban J connectivity index is 2.71. The van der Waals surface area contributed by atoms with Crippen molar-refractivity contribution in [3.63, 3.8) is 0 Å². The Morgan fingerprint density at radius 1 is 1.27 bits per heavy atom. The summed E-state index contributed by atoms with van der Waals surface area (Å²) in [5, 5.41) is 0. The Kier molecular flexibility index (Phi) is 2.41. The zero-order chi connectivity index (χ0) is 8.48. The van der Waals surface area contributed by atoms with Crippen molar-refractivity contribution in [1.29, 1.82) is 0 Å². The fourth-order valence-electron chi connectivity index (χ4n) is 1.88. The molecular weight excluding hydrogens is 132 g/mol. The van der Waals surface area contributed by atoms with Crippen molar-refractivity contribution in [3.05, 3.63) is 11.1 Å². The molecule has 1 rings (SSSR count). The summed E-state index contributed by atoms with van der Waals surface area (Å²) in [6.07, 6.45) is 5.38. The Labute approximate surface area is 70.7 Å². The van der Waals surface area contributed by atoms with Gasteiger partial charge in [0.25, 0.3) is 0 Å². The minimum Gasteiger partial charge on any atom is -0.0744 e. The van der Waals surface area contributed by atoms with Crippen LogP contribution in [0.1, 0.15) is 53.4 Å². The molecule has 0 aromatic carbocycles. The second-order valence-corrected chi connectivity index (χ2v) is 4.40. The van der Waals surface area contributed by atoms with Crippen molar-refractivity contribution < 1.29 is 0 Å². The van der Waals surface area contributed by atoms with Crippen LogP contribution >= 0.6 is 0 Å². The summed E-state index contributed by atoms with van der Waals surface area (Å²) in [7, 11) is 0. The first kappa shape index (κ1) is 8.83. The maximum Gasteiger partial charge on any atom is -0.0266 e. The van der Waals surface area contributed by atoms with Crippen molar-refractivity contribution in [2.75, 3.05) is 0 Å². The standard InChI is InChI=1S/C11H20/c1-5-11(4)7-6-9(2)10(3)8-11/h5-8H2,1-4H3. The van der Waals surface area contributed by atoms with Gasteiger partial charge >= 0.3 is 0 Å². The van der Waals surface area contributed by atoms with Gasteiger partial charge < -0.3 is 0 Å². The van der Waals surface area contributed by atoms with E-state index in [1.54, 1.807) is 11.1 Å². The van der Waals surface area contributed by atoms with E-state index in [0.717, 1.165) is 0 Å². The molecule has 0 aliphatic heterocycles. The van der Waals surface area contributed by atoms with Crippen molar-refractivity contribution in [2.24, 2.45) is 5.41 Å². The number of rotatable bonds is 1. The summed E-state index contributed by atoms with van der Waals surface area (Å²) in [5.74, 6) is 0. The van der Waals surface area contributed by atoms with Gasteiger partial charge in [-0.3, -0.25) is 0 Å². The van der Waals surface area contributed by atoms with Gasteiger partial charge in [-0.1, -0.05) is 31.4 Å². The number of hydrogen-bond donors (Lipinski definition) is 0. The zero-order valence-electron chi connectivity index (χ0n) is 8.33. The van der Waals surface area contributed by atoms with E-state index in [4.69, 9.17) is 0 Å². The Hall–Kier alpha value is -0.260. The highest BCUT2D eigenvalue weighted by atomic mass is 14.3. The van der Waals surface area contributed by atoms with Crippen molar-refractivity contribution in [3.8, 4) is 0 Å². The first-order valence-electron chi connectivity index (χ1n) is 4.72. The summed E-state index contributed by atoms with van der Waals surface area (Å²) < 4.78 is 0. The predicted octanol–water partition coefficient (Wildman–Crippen LogP) is 3.92. The molecule has 0 amide bonds. The molecule has 1 aliphatic rings. The Bertz CT molecular complexity index is 176. The van der Waals surface area contributed by atoms with E-state index in [1.165, 1.54) is 25.7 Å². The lowest BCUT2D eigenvalue weighted by molar-refractivity contribution is 0.267. The van der Waals surface area contributed by atoms with Crippen LogP contribution in [0.3, 0.4) is 0 Å². The fourth-order valence-corrected chi connectivity index (χ4v) is 1.88. The van der Waals surface area contributed by atoms with E-state index in [2.05, 4.69) is 27.7 Å². The molecule has 0 aromatic rings. The molecule has 0 saturated carbocycles. The summed E-state index contributed by atoms with van der Waals surface area (Å²) in [4.78, 5) is 0. The molecule has 0 radical (unpaired) electrons. The van der Waals surface area contributed by atoms with Gasteiger partial charge in [-0.15, -0.1) is 0 Å². The van der Waals surface area contributed by atoms with Crippen LogP contribution in [0.25, 0.3) is 0 Å². The lowest BCUT2D eigenvalue weighted by atomic mass is 9.72. The molecule has 0 aromatic heterocycles. The Morgan fingerprint density at radius 3 is 2.36 bits per heavy atom. The molecule has 0 saturated heterocycles. The van der Waals surface area contributed by atoms with Crippen molar-refractivity contribution in [2.45, 2.75) is 53.4 Å². The Morgan fingerprint density at radius 2 is 1.91 bits per heavy atom. The summed E-state index contributed by atoms with van der Waals surface area (Å²) >= 11 is 0. The van der Waals surface area contributed by atoms with Gasteiger partial charge in [-0.2, -0.15) is 0 Å². The van der Waals surface area contributed by atoms with Crippen LogP contribution in [0, 0.1) is 5.41 Å². The first-order chi connectivity index (χ1) is 5.07. The minimum absolute atomic E-state index is 0.615. The molecule has 0 bridgehead atoms. The number of allylic oxidation sites excluding steroid dienone is 2. The summed E-state index contributed by atoms with van der Waals surface area (Å²) in [5.41, 5.74) is 3.89. The average molecular weight is 152 g/mol. The van der Waals surface area contributed by atoms with E-state index < -0.39 is 0 Å². The first-order valence-corrected chi connectivity index (χ1v) is 4.72. The van der Waals surface area contributed by atoms with Gasteiger partial charge in [0.1, 0.15) is 0 Å². The van der Waals surface area contributed by atoms with Gasteiger partial charge in [0.05, 0.1) is 0 Å². The van der Waals surface area contributed by atoms with Crippen molar-refractivity contribution in [1.82, 2.24) is 0 Å². The molecule has 0 N–H and O–H groups in total. The lowest BCUT2D eigenvalue weighted by Gasteiger charge is -2.33. The smallest absolute Gasteiger partial charge is 0.0266 e. The highest BCUT2D eigenvalue weighted by molar-refractivity contribution is 5.15. The van der Waals surface area contributed by atoms with E-state index in [9.17, 15) is 0 Å². The van der Waals surface area contributed by atoms with Crippen LogP contribution in [0.4, 0.5) is 0 Å². The maximum absolute atomic E-state index is 2.42. The predicted molar refractivity (Wildman–Crippen MR) is 50.6 cm³/mol. The van der Waals surface area contributed by atoms with Crippen LogP contribution in [0.5, 0.6) is 0 Å². The SMILES string of the molecule is CCC1(C)CCC(C)=C(C)C1. The van der Waals surface area contributed by atoms with Gasteiger partial charge in [0.15, 0.2) is 0 Å². The van der Waals surface area contributed by atoms with E-state index in [-0.39, 0.29) is 0 Å². The van der Waals surface area contributed by atoms with Gasteiger partial charge in [0.2, 0.25) is 0 Å². The third-order valence-corrected chi connectivity index (χ3v) is 3.38. The largest absolute Gasteiger partial charge is 0.0744 e. The summed E-state index contributed by atoms with van der Waals surface area (Å²) in [6, 6.07) is 0. The average Bonchev–Trinajstić information content (AvgIpc) is 1.98. The number of hydrogen-bond acceptors (Lipinski definition) is 0. The molecule has 0 nitrogen and oxygen atoms in total. The summed E-state index contributed by atoms with van der Waals surface area (Å²) in [6.45, 7) is 9.31. The second-order valence-electron chi connectivity index (χ2n) is 4.40. The van der Waals surface area contributed by atoms with E-state index in [0.29, 0.717) is 5.41 Å². The van der Waals surface area contributed by atoms with Crippen molar-refractivity contribution >= 4 is 0 Å². The topological polar surface area (TPSA) is 0 Å². The van der Waals surface area contributed by atoms with Crippen LogP contribution in [-0.2, 0) is 0 Å². The molecule has 0 fully saturated rings. The van der Waals surface area contributed by atoms with E-state index >= 15 is 0 Å². The second kappa shape index (κ2) is 3.00. The van der Waals surface area contributed by atoms with E-state index in [1.807, 2.05) is 0 Å². The third kappa shape index (κ3) is 1.85. The molecule has 0 heterocycles. The zero-order valence-corrected chi connectivity index (χ0v) is 8.33. The molecule has 0 spiro atoms. The molecule has 11 heavy (non-hydrogen) atoms. The van der Waals surface area contributed by atoms with Gasteiger partial charge in [0, 0.05) is 0 Å². The third-order valence-electron chi connectivity index (χ3n) is 3.38. The van der Waals surface area contributed by atoms with Crippen LogP contribution in [0.15, 0.2) is 11.1 Å². The lowest BCUT2D eigenvalue weighted by Crippen LogP contribution is -2.19. The molecule has 1 atom stereocenters. The molecule has 64 valence electrons. The highest BCUT2D eigenvalue weighted by Gasteiger charge is 2.26. The maximum atomic E-state index is 2.42. The van der Waals surface area contributed by atoms with Crippen LogP contribution in [0.2, 0.25) is 0 Å². The quantitative estimate of drug-likeness (QED) is 0.499. The molecule has 1 aliphatic carbocycles. The molecular formula is C11H20. The van der Waals surface area contributed by atoms with Gasteiger partial charge in [-0.05, 0) is 38.5 Å². The van der Waals surface area contributed by atoms with Gasteiger partial charge in [-0.25, -0.2) is 0 Å². The molecule has 1 unspecified atom stereocenters. The normalized spacial score (nSPS) is 32.7.